The normalized spacial score (nSPS) is 30.4. The summed E-state index contributed by atoms with van der Waals surface area (Å²) in [6.45, 7) is 5.46. The van der Waals surface area contributed by atoms with E-state index in [-0.39, 0.29) is 11.7 Å². The van der Waals surface area contributed by atoms with Crippen LogP contribution in [0.1, 0.15) is 12.8 Å². The van der Waals surface area contributed by atoms with Crippen LogP contribution in [0.2, 0.25) is 0 Å². The van der Waals surface area contributed by atoms with Gasteiger partial charge in [-0.25, -0.2) is 0 Å². The summed E-state index contributed by atoms with van der Waals surface area (Å²) in [6, 6.07) is 0. The third-order valence-electron chi connectivity index (χ3n) is 3.69. The summed E-state index contributed by atoms with van der Waals surface area (Å²) in [6.07, 6.45) is 1.97. The van der Waals surface area contributed by atoms with E-state index in [0.29, 0.717) is 13.2 Å². The highest BCUT2D eigenvalue weighted by molar-refractivity contribution is 4.85. The maximum absolute atomic E-state index is 6.05. The number of nitrogens with two attached hydrogens (primary N) is 1. The van der Waals surface area contributed by atoms with Gasteiger partial charge in [0.1, 0.15) is 0 Å². The van der Waals surface area contributed by atoms with Crippen LogP contribution in [0.5, 0.6) is 0 Å². The van der Waals surface area contributed by atoms with E-state index in [1.807, 2.05) is 0 Å². The van der Waals surface area contributed by atoms with E-state index in [2.05, 4.69) is 11.9 Å². The number of hydrogen-bond acceptors (Lipinski definition) is 5. The molecular weight excluding hydrogens is 220 g/mol. The van der Waals surface area contributed by atoms with Crippen molar-refractivity contribution in [3.63, 3.8) is 0 Å². The van der Waals surface area contributed by atoms with Crippen molar-refractivity contribution in [3.8, 4) is 0 Å². The van der Waals surface area contributed by atoms with Crippen LogP contribution in [0.15, 0.2) is 0 Å². The first-order valence-corrected chi connectivity index (χ1v) is 6.46. The lowest BCUT2D eigenvalue weighted by Gasteiger charge is -2.38. The van der Waals surface area contributed by atoms with Crippen LogP contribution in [-0.4, -0.2) is 69.7 Å². The molecule has 0 radical (unpaired) electrons. The number of likely N-dealkylation sites (N-methyl/N-ethyl adjacent to an activating group) is 1. The topological polar surface area (TPSA) is 57.0 Å². The molecule has 2 saturated heterocycles. The summed E-state index contributed by atoms with van der Waals surface area (Å²) in [7, 11) is 2.11. The van der Waals surface area contributed by atoms with E-state index >= 15 is 0 Å². The average molecular weight is 244 g/mol. The van der Waals surface area contributed by atoms with Crippen LogP contribution in [0.25, 0.3) is 0 Å². The van der Waals surface area contributed by atoms with Crippen LogP contribution >= 0.6 is 0 Å². The Balaban J connectivity index is 1.78. The van der Waals surface area contributed by atoms with Gasteiger partial charge in [-0.2, -0.15) is 0 Å². The van der Waals surface area contributed by atoms with Crippen molar-refractivity contribution in [2.24, 2.45) is 5.73 Å². The first-order valence-electron chi connectivity index (χ1n) is 6.46. The molecule has 2 aliphatic heterocycles. The van der Waals surface area contributed by atoms with Crippen LogP contribution < -0.4 is 5.73 Å². The third-order valence-corrected chi connectivity index (χ3v) is 3.69. The highest BCUT2D eigenvalue weighted by Crippen LogP contribution is 2.24. The smallest absolute Gasteiger partial charge is 0.0935 e. The number of morpholine rings is 1. The van der Waals surface area contributed by atoms with Crippen molar-refractivity contribution in [1.82, 2.24) is 4.90 Å². The highest BCUT2D eigenvalue weighted by Gasteiger charge is 2.33. The number of ether oxygens (including phenoxy) is 3. The molecule has 17 heavy (non-hydrogen) atoms. The summed E-state index contributed by atoms with van der Waals surface area (Å²) in [5.74, 6) is 0. The number of rotatable bonds is 4. The first-order chi connectivity index (χ1) is 8.24. The maximum Gasteiger partial charge on any atom is 0.0935 e. The molecule has 2 rings (SSSR count). The molecule has 100 valence electrons. The fourth-order valence-electron chi connectivity index (χ4n) is 2.39. The lowest BCUT2D eigenvalue weighted by atomic mass is 9.94. The summed E-state index contributed by atoms with van der Waals surface area (Å²) in [5.41, 5.74) is 5.67. The molecule has 0 bridgehead atoms. The second kappa shape index (κ2) is 6.11. The minimum atomic E-state index is -0.183. The van der Waals surface area contributed by atoms with E-state index in [1.165, 1.54) is 0 Å². The second-order valence-corrected chi connectivity index (χ2v) is 5.07. The molecule has 0 amide bonds. The highest BCUT2D eigenvalue weighted by atomic mass is 16.6. The van der Waals surface area contributed by atoms with Crippen LogP contribution in [0, 0.1) is 0 Å². The summed E-state index contributed by atoms with van der Waals surface area (Å²) < 4.78 is 17.1. The molecular formula is C12H24N2O3. The number of hydrogen-bond donors (Lipinski definition) is 1. The predicted molar refractivity (Wildman–Crippen MR) is 65.0 cm³/mol. The Hall–Kier alpha value is -0.200. The zero-order chi connectivity index (χ0) is 12.1. The van der Waals surface area contributed by atoms with Gasteiger partial charge in [0.15, 0.2) is 0 Å². The van der Waals surface area contributed by atoms with Crippen molar-refractivity contribution in [2.45, 2.75) is 24.5 Å². The Morgan fingerprint density at radius 1 is 1.35 bits per heavy atom. The average Bonchev–Trinajstić information content (AvgIpc) is 2.38. The van der Waals surface area contributed by atoms with Crippen molar-refractivity contribution in [2.75, 3.05) is 53.1 Å². The SMILES string of the molecule is CN1CCOC(COC2(CN)CCOCC2)C1. The van der Waals surface area contributed by atoms with E-state index in [9.17, 15) is 0 Å². The Labute approximate surface area is 103 Å². The van der Waals surface area contributed by atoms with Gasteiger partial charge < -0.3 is 24.8 Å². The third kappa shape index (κ3) is 3.63. The van der Waals surface area contributed by atoms with Gasteiger partial charge in [0.05, 0.1) is 24.9 Å². The Morgan fingerprint density at radius 2 is 2.12 bits per heavy atom. The van der Waals surface area contributed by atoms with E-state index in [0.717, 1.165) is 45.8 Å². The second-order valence-electron chi connectivity index (χ2n) is 5.07. The Kier molecular flexibility index (Phi) is 4.76. The molecule has 0 aromatic carbocycles. The van der Waals surface area contributed by atoms with Crippen LogP contribution in [0.3, 0.4) is 0 Å². The number of nitrogens with zero attached hydrogens (tertiary/aromatic N) is 1. The molecule has 1 unspecified atom stereocenters. The molecule has 0 aliphatic carbocycles. The fraction of sp³-hybridized carbons (Fsp3) is 1.00. The van der Waals surface area contributed by atoms with Crippen molar-refractivity contribution < 1.29 is 14.2 Å². The van der Waals surface area contributed by atoms with E-state index < -0.39 is 0 Å². The zero-order valence-electron chi connectivity index (χ0n) is 10.7. The fourth-order valence-corrected chi connectivity index (χ4v) is 2.39. The lowest BCUT2D eigenvalue weighted by molar-refractivity contribution is -0.144. The minimum absolute atomic E-state index is 0.181. The van der Waals surface area contributed by atoms with Crippen molar-refractivity contribution >= 4 is 0 Å². The van der Waals surface area contributed by atoms with Crippen molar-refractivity contribution in [3.05, 3.63) is 0 Å². The molecule has 0 spiro atoms. The molecule has 5 heteroatoms. The Morgan fingerprint density at radius 3 is 2.76 bits per heavy atom. The van der Waals surface area contributed by atoms with Gasteiger partial charge in [0, 0.05) is 45.7 Å². The Bertz CT molecular complexity index is 232. The maximum atomic E-state index is 6.05. The summed E-state index contributed by atoms with van der Waals surface area (Å²) in [5, 5.41) is 0. The van der Waals surface area contributed by atoms with E-state index in [1.54, 1.807) is 0 Å². The van der Waals surface area contributed by atoms with Crippen molar-refractivity contribution in [1.29, 1.82) is 0 Å². The standard InChI is InChI=1S/C12H24N2O3/c1-14-4-7-16-11(8-14)9-17-12(10-13)2-5-15-6-3-12/h11H,2-10,13H2,1H3. The van der Waals surface area contributed by atoms with E-state index in [4.69, 9.17) is 19.9 Å². The largest absolute Gasteiger partial charge is 0.381 e. The monoisotopic (exact) mass is 244 g/mol. The molecule has 2 N–H and O–H groups in total. The molecule has 2 heterocycles. The summed E-state index contributed by atoms with van der Waals surface area (Å²) >= 11 is 0. The van der Waals surface area contributed by atoms with Gasteiger partial charge >= 0.3 is 0 Å². The molecule has 2 fully saturated rings. The molecule has 0 aromatic rings. The quantitative estimate of drug-likeness (QED) is 0.745. The lowest BCUT2D eigenvalue weighted by Crippen LogP contribution is -2.49. The zero-order valence-corrected chi connectivity index (χ0v) is 10.7. The molecule has 0 aromatic heterocycles. The predicted octanol–water partition coefficient (Wildman–Crippen LogP) is -0.158. The summed E-state index contributed by atoms with van der Waals surface area (Å²) in [4.78, 5) is 2.27. The van der Waals surface area contributed by atoms with Gasteiger partial charge in [-0.15, -0.1) is 0 Å². The van der Waals surface area contributed by atoms with Gasteiger partial charge in [-0.3, -0.25) is 0 Å². The van der Waals surface area contributed by atoms with Crippen LogP contribution in [-0.2, 0) is 14.2 Å². The molecule has 1 atom stereocenters. The molecule has 5 nitrogen and oxygen atoms in total. The first kappa shape index (κ1) is 13.2. The van der Waals surface area contributed by atoms with Gasteiger partial charge in [0.2, 0.25) is 0 Å². The molecule has 0 saturated carbocycles. The van der Waals surface area contributed by atoms with Gasteiger partial charge in [-0.05, 0) is 7.05 Å². The van der Waals surface area contributed by atoms with Crippen LogP contribution in [0.4, 0.5) is 0 Å². The minimum Gasteiger partial charge on any atom is -0.381 e. The van der Waals surface area contributed by atoms with Gasteiger partial charge in [-0.1, -0.05) is 0 Å². The molecule has 2 aliphatic rings. The van der Waals surface area contributed by atoms with Gasteiger partial charge in [0.25, 0.3) is 0 Å².